The molecule has 0 aromatic carbocycles. The Hall–Kier alpha value is -0.120. The molecule has 0 bridgehead atoms. The minimum absolute atomic E-state index is 0.363. The molecule has 0 rings (SSSR count). The first-order valence-corrected chi connectivity index (χ1v) is 4.94. The van der Waals surface area contributed by atoms with Crippen LogP contribution >= 0.6 is 0 Å². The summed E-state index contributed by atoms with van der Waals surface area (Å²) >= 11 is 0. The highest BCUT2D eigenvalue weighted by molar-refractivity contribution is 4.65. The number of aliphatic hydroxyl groups excluding tert-OH is 1. The summed E-state index contributed by atoms with van der Waals surface area (Å²) in [6.45, 7) is 6.61. The molecule has 3 nitrogen and oxygen atoms in total. The van der Waals surface area contributed by atoms with Crippen molar-refractivity contribution in [1.82, 2.24) is 0 Å². The van der Waals surface area contributed by atoms with Gasteiger partial charge < -0.3 is 15.9 Å². The highest BCUT2D eigenvalue weighted by atomic mass is 16.5. The van der Waals surface area contributed by atoms with Gasteiger partial charge in [-0.3, -0.25) is 0 Å². The molecule has 4 N–H and O–H groups in total. The molecule has 0 saturated carbocycles. The van der Waals surface area contributed by atoms with Crippen molar-refractivity contribution in [2.24, 2.45) is 11.1 Å². The zero-order valence-electron chi connectivity index (χ0n) is 8.95. The first-order chi connectivity index (χ1) is 5.83. The third-order valence-electron chi connectivity index (χ3n) is 2.10. The SMILES string of the molecule is CC(C)(C)CCCCC(N)C(O)O. The van der Waals surface area contributed by atoms with Crippen LogP contribution in [0.3, 0.4) is 0 Å². The van der Waals surface area contributed by atoms with E-state index in [1.807, 2.05) is 0 Å². The number of hydrogen-bond donors (Lipinski definition) is 3. The maximum absolute atomic E-state index is 8.71. The molecular weight excluding hydrogens is 166 g/mol. The molecule has 0 aromatic rings. The predicted molar refractivity (Wildman–Crippen MR) is 54.1 cm³/mol. The van der Waals surface area contributed by atoms with Crippen molar-refractivity contribution in [2.45, 2.75) is 58.8 Å². The molecule has 3 heteroatoms. The molecule has 0 aliphatic heterocycles. The maximum atomic E-state index is 8.71. The van der Waals surface area contributed by atoms with E-state index in [0.29, 0.717) is 11.8 Å². The van der Waals surface area contributed by atoms with Gasteiger partial charge in [0.05, 0.1) is 6.04 Å². The number of hydrogen-bond acceptors (Lipinski definition) is 3. The average molecular weight is 189 g/mol. The highest BCUT2D eigenvalue weighted by Crippen LogP contribution is 2.22. The third-order valence-corrected chi connectivity index (χ3v) is 2.10. The Balaban J connectivity index is 3.36. The predicted octanol–water partition coefficient (Wildman–Crippen LogP) is 1.23. The van der Waals surface area contributed by atoms with Gasteiger partial charge >= 0.3 is 0 Å². The van der Waals surface area contributed by atoms with Gasteiger partial charge in [-0.05, 0) is 18.3 Å². The lowest BCUT2D eigenvalue weighted by molar-refractivity contribution is -0.0600. The Bertz CT molecular complexity index is 129. The molecule has 0 amide bonds. The molecule has 1 unspecified atom stereocenters. The van der Waals surface area contributed by atoms with Crippen LogP contribution in [0.1, 0.15) is 46.5 Å². The van der Waals surface area contributed by atoms with E-state index in [1.54, 1.807) is 0 Å². The largest absolute Gasteiger partial charge is 0.367 e. The summed E-state index contributed by atoms with van der Waals surface area (Å²) < 4.78 is 0. The smallest absolute Gasteiger partial charge is 0.166 e. The van der Waals surface area contributed by atoms with Gasteiger partial charge in [-0.1, -0.05) is 33.6 Å². The molecule has 0 aliphatic rings. The van der Waals surface area contributed by atoms with Crippen molar-refractivity contribution in [3.63, 3.8) is 0 Å². The van der Waals surface area contributed by atoms with Crippen LogP contribution in [0.4, 0.5) is 0 Å². The molecule has 13 heavy (non-hydrogen) atoms. The molecule has 0 spiro atoms. The van der Waals surface area contributed by atoms with Crippen LogP contribution in [0.15, 0.2) is 0 Å². The average Bonchev–Trinajstić information content (AvgIpc) is 1.95. The van der Waals surface area contributed by atoms with Crippen molar-refractivity contribution < 1.29 is 10.2 Å². The van der Waals surface area contributed by atoms with E-state index in [1.165, 1.54) is 0 Å². The molecule has 0 heterocycles. The van der Waals surface area contributed by atoms with E-state index in [4.69, 9.17) is 15.9 Å². The summed E-state index contributed by atoms with van der Waals surface area (Å²) in [7, 11) is 0. The molecule has 1 atom stereocenters. The summed E-state index contributed by atoms with van der Waals surface area (Å²) in [5.41, 5.74) is 5.83. The van der Waals surface area contributed by atoms with Gasteiger partial charge in [-0.15, -0.1) is 0 Å². The number of rotatable bonds is 5. The van der Waals surface area contributed by atoms with Gasteiger partial charge in [0.1, 0.15) is 0 Å². The number of nitrogens with two attached hydrogens (primary N) is 1. The lowest BCUT2D eigenvalue weighted by Crippen LogP contribution is -2.34. The fraction of sp³-hybridized carbons (Fsp3) is 1.00. The van der Waals surface area contributed by atoms with Gasteiger partial charge in [0, 0.05) is 0 Å². The Labute approximate surface area is 81.0 Å². The minimum atomic E-state index is -1.37. The molecule has 0 aliphatic carbocycles. The molecule has 0 radical (unpaired) electrons. The molecule has 80 valence electrons. The summed E-state index contributed by atoms with van der Waals surface area (Å²) in [5, 5.41) is 17.4. The first kappa shape index (κ1) is 12.9. The van der Waals surface area contributed by atoms with E-state index < -0.39 is 12.3 Å². The maximum Gasteiger partial charge on any atom is 0.166 e. The van der Waals surface area contributed by atoms with Crippen molar-refractivity contribution in [1.29, 1.82) is 0 Å². The lowest BCUT2D eigenvalue weighted by atomic mass is 9.89. The van der Waals surface area contributed by atoms with Gasteiger partial charge in [0.2, 0.25) is 0 Å². The van der Waals surface area contributed by atoms with Crippen molar-refractivity contribution in [2.75, 3.05) is 0 Å². The second-order valence-electron chi connectivity index (χ2n) is 4.88. The first-order valence-electron chi connectivity index (χ1n) is 4.94. The summed E-state index contributed by atoms with van der Waals surface area (Å²) in [6, 6.07) is -0.486. The topological polar surface area (TPSA) is 66.5 Å². The van der Waals surface area contributed by atoms with E-state index in [9.17, 15) is 0 Å². The Morgan fingerprint density at radius 3 is 2.08 bits per heavy atom. The van der Waals surface area contributed by atoms with Crippen LogP contribution in [0.2, 0.25) is 0 Å². The fourth-order valence-electron chi connectivity index (χ4n) is 1.18. The highest BCUT2D eigenvalue weighted by Gasteiger charge is 2.12. The van der Waals surface area contributed by atoms with E-state index in [2.05, 4.69) is 20.8 Å². The summed E-state index contributed by atoms with van der Waals surface area (Å²) in [6.07, 6.45) is 2.55. The Kier molecular flexibility index (Phi) is 5.53. The summed E-state index contributed by atoms with van der Waals surface area (Å²) in [4.78, 5) is 0. The standard InChI is InChI=1S/C10H23NO2/c1-10(2,3)7-5-4-6-8(11)9(12)13/h8-9,12-13H,4-7,11H2,1-3H3. The van der Waals surface area contributed by atoms with Crippen molar-refractivity contribution in [3.8, 4) is 0 Å². The van der Waals surface area contributed by atoms with E-state index in [-0.39, 0.29) is 0 Å². The van der Waals surface area contributed by atoms with E-state index in [0.717, 1.165) is 19.3 Å². The van der Waals surface area contributed by atoms with Crippen LogP contribution < -0.4 is 5.73 Å². The summed E-state index contributed by atoms with van der Waals surface area (Å²) in [5.74, 6) is 0. The van der Waals surface area contributed by atoms with Crippen molar-refractivity contribution in [3.05, 3.63) is 0 Å². The van der Waals surface area contributed by atoms with E-state index >= 15 is 0 Å². The molecule has 0 fully saturated rings. The van der Waals surface area contributed by atoms with Gasteiger partial charge in [-0.2, -0.15) is 0 Å². The quantitative estimate of drug-likeness (QED) is 0.450. The van der Waals surface area contributed by atoms with Crippen LogP contribution in [0, 0.1) is 5.41 Å². The number of unbranched alkanes of at least 4 members (excludes halogenated alkanes) is 1. The molecule has 0 saturated heterocycles. The van der Waals surface area contributed by atoms with Crippen LogP contribution in [0.5, 0.6) is 0 Å². The minimum Gasteiger partial charge on any atom is -0.367 e. The second kappa shape index (κ2) is 5.58. The Morgan fingerprint density at radius 2 is 1.69 bits per heavy atom. The van der Waals surface area contributed by atoms with Gasteiger partial charge in [0.15, 0.2) is 6.29 Å². The lowest BCUT2D eigenvalue weighted by Gasteiger charge is -2.18. The molecule has 0 aromatic heterocycles. The third kappa shape index (κ3) is 8.22. The fourth-order valence-corrected chi connectivity index (χ4v) is 1.18. The van der Waals surface area contributed by atoms with Gasteiger partial charge in [0.25, 0.3) is 0 Å². The molecular formula is C10H23NO2. The van der Waals surface area contributed by atoms with Crippen LogP contribution in [-0.2, 0) is 0 Å². The van der Waals surface area contributed by atoms with Crippen molar-refractivity contribution >= 4 is 0 Å². The van der Waals surface area contributed by atoms with Gasteiger partial charge in [-0.25, -0.2) is 0 Å². The van der Waals surface area contributed by atoms with Crippen LogP contribution in [0.25, 0.3) is 0 Å². The van der Waals surface area contributed by atoms with Crippen LogP contribution in [-0.4, -0.2) is 22.5 Å². The number of aliphatic hydroxyl groups is 2. The zero-order chi connectivity index (χ0) is 10.5. The second-order valence-corrected chi connectivity index (χ2v) is 4.88. The Morgan fingerprint density at radius 1 is 1.15 bits per heavy atom. The zero-order valence-corrected chi connectivity index (χ0v) is 8.95. The monoisotopic (exact) mass is 189 g/mol. The normalized spacial score (nSPS) is 15.0.